The predicted molar refractivity (Wildman–Crippen MR) is 76.5 cm³/mol. The number of carbonyl (C=O) groups is 1. The van der Waals surface area contributed by atoms with Gasteiger partial charge in [0.2, 0.25) is 0 Å². The summed E-state index contributed by atoms with van der Waals surface area (Å²) in [5.41, 5.74) is 0.119. The topological polar surface area (TPSA) is 47.6 Å². The van der Waals surface area contributed by atoms with Crippen molar-refractivity contribution >= 4 is 11.7 Å². The van der Waals surface area contributed by atoms with Crippen LogP contribution in [0.15, 0.2) is 18.2 Å². The number of ether oxygens (including phenoxy) is 2. The maximum Gasteiger partial charge on any atom is 0.340 e. The Labute approximate surface area is 119 Å². The molecular formula is C15H22FNO3. The molecule has 0 aliphatic heterocycles. The van der Waals surface area contributed by atoms with Gasteiger partial charge in [0.05, 0.1) is 17.9 Å². The first-order valence-corrected chi connectivity index (χ1v) is 6.51. The van der Waals surface area contributed by atoms with Crippen LogP contribution in [0.1, 0.15) is 38.1 Å². The van der Waals surface area contributed by atoms with Crippen molar-refractivity contribution in [3.05, 3.63) is 29.6 Å². The number of nitrogens with one attached hydrogen (secondary N) is 1. The van der Waals surface area contributed by atoms with Crippen LogP contribution >= 0.6 is 0 Å². The highest BCUT2D eigenvalue weighted by molar-refractivity contribution is 5.95. The van der Waals surface area contributed by atoms with Crippen LogP contribution in [-0.2, 0) is 9.47 Å². The Kier molecular flexibility index (Phi) is 5.51. The van der Waals surface area contributed by atoms with E-state index in [1.165, 1.54) is 18.2 Å². The smallest absolute Gasteiger partial charge is 0.340 e. The van der Waals surface area contributed by atoms with Crippen molar-refractivity contribution in [2.24, 2.45) is 0 Å². The molecular weight excluding hydrogens is 261 g/mol. The summed E-state index contributed by atoms with van der Waals surface area (Å²) >= 11 is 0. The number of hydrogen-bond acceptors (Lipinski definition) is 4. The molecule has 1 N–H and O–H groups in total. The fourth-order valence-electron chi connectivity index (χ4n) is 1.70. The molecule has 0 radical (unpaired) electrons. The minimum absolute atomic E-state index is 0.0528. The highest BCUT2D eigenvalue weighted by Gasteiger charge is 2.21. The highest BCUT2D eigenvalue weighted by Crippen LogP contribution is 2.21. The van der Waals surface area contributed by atoms with E-state index in [0.717, 1.165) is 0 Å². The number of rotatable bonds is 5. The molecule has 1 rings (SSSR count). The Morgan fingerprint density at radius 1 is 1.40 bits per heavy atom. The van der Waals surface area contributed by atoms with E-state index in [1.807, 2.05) is 6.92 Å². The number of esters is 1. The molecule has 1 atom stereocenters. The van der Waals surface area contributed by atoms with Crippen molar-refractivity contribution in [3.63, 3.8) is 0 Å². The van der Waals surface area contributed by atoms with Gasteiger partial charge in [-0.05, 0) is 45.9 Å². The highest BCUT2D eigenvalue weighted by atomic mass is 19.1. The van der Waals surface area contributed by atoms with E-state index in [9.17, 15) is 9.18 Å². The number of anilines is 1. The summed E-state index contributed by atoms with van der Waals surface area (Å²) < 4.78 is 23.7. The first kappa shape index (κ1) is 16.4. The fraction of sp³-hybridized carbons (Fsp3) is 0.533. The third kappa shape index (κ3) is 5.17. The first-order chi connectivity index (χ1) is 9.23. The quantitative estimate of drug-likeness (QED) is 0.843. The lowest BCUT2D eigenvalue weighted by molar-refractivity contribution is 0.00706. The summed E-state index contributed by atoms with van der Waals surface area (Å²) in [6, 6.07) is 3.89. The maximum absolute atomic E-state index is 13.4. The van der Waals surface area contributed by atoms with E-state index in [-0.39, 0.29) is 6.04 Å². The molecule has 0 fully saturated rings. The Hall–Kier alpha value is -1.62. The minimum atomic E-state index is -0.596. The van der Waals surface area contributed by atoms with Gasteiger partial charge < -0.3 is 14.8 Å². The Bertz CT molecular complexity index is 469. The molecule has 0 aromatic heterocycles. The summed E-state index contributed by atoms with van der Waals surface area (Å²) in [4.78, 5) is 12.1. The Morgan fingerprint density at radius 3 is 2.60 bits per heavy atom. The van der Waals surface area contributed by atoms with Crippen LogP contribution in [0.5, 0.6) is 0 Å². The zero-order valence-corrected chi connectivity index (χ0v) is 12.6. The Balaban J connectivity index is 2.98. The van der Waals surface area contributed by atoms with E-state index < -0.39 is 17.4 Å². The van der Waals surface area contributed by atoms with Crippen molar-refractivity contribution < 1.29 is 18.7 Å². The lowest BCUT2D eigenvalue weighted by Crippen LogP contribution is -2.26. The van der Waals surface area contributed by atoms with Crippen LogP contribution in [0.2, 0.25) is 0 Å². The second-order valence-electron chi connectivity index (χ2n) is 5.69. The molecule has 0 saturated carbocycles. The molecule has 20 heavy (non-hydrogen) atoms. The van der Waals surface area contributed by atoms with Crippen molar-refractivity contribution in [1.82, 2.24) is 0 Å². The molecule has 4 nitrogen and oxygen atoms in total. The second-order valence-corrected chi connectivity index (χ2v) is 5.69. The van der Waals surface area contributed by atoms with Gasteiger partial charge >= 0.3 is 5.97 Å². The number of halogens is 1. The molecule has 0 aliphatic carbocycles. The largest absolute Gasteiger partial charge is 0.456 e. The normalized spacial score (nSPS) is 12.9. The zero-order chi connectivity index (χ0) is 15.3. The molecule has 0 spiro atoms. The predicted octanol–water partition coefficient (Wildman–Crippen LogP) is 3.23. The lowest BCUT2D eigenvalue weighted by Gasteiger charge is -2.22. The third-order valence-corrected chi connectivity index (χ3v) is 2.42. The Morgan fingerprint density at radius 2 is 2.05 bits per heavy atom. The summed E-state index contributed by atoms with van der Waals surface area (Å²) in [7, 11) is 1.58. The molecule has 0 saturated heterocycles. The molecule has 1 aromatic carbocycles. The molecule has 0 bridgehead atoms. The van der Waals surface area contributed by atoms with E-state index in [0.29, 0.717) is 17.9 Å². The minimum Gasteiger partial charge on any atom is -0.456 e. The summed E-state index contributed by atoms with van der Waals surface area (Å²) in [5.74, 6) is -0.894. The summed E-state index contributed by atoms with van der Waals surface area (Å²) in [6.45, 7) is 7.69. The van der Waals surface area contributed by atoms with Gasteiger partial charge in [0, 0.05) is 13.2 Å². The van der Waals surface area contributed by atoms with Gasteiger partial charge in [-0.2, -0.15) is 0 Å². The average molecular weight is 283 g/mol. The van der Waals surface area contributed by atoms with Gasteiger partial charge in [-0.15, -0.1) is 0 Å². The SMILES string of the molecule is COC[C@@H](C)Nc1cc(F)ccc1C(=O)OC(C)(C)C. The van der Waals surface area contributed by atoms with Crippen LogP contribution in [-0.4, -0.2) is 31.3 Å². The van der Waals surface area contributed by atoms with Crippen LogP contribution < -0.4 is 5.32 Å². The van der Waals surface area contributed by atoms with Crippen LogP contribution in [0.3, 0.4) is 0 Å². The van der Waals surface area contributed by atoms with Crippen LogP contribution in [0.25, 0.3) is 0 Å². The monoisotopic (exact) mass is 283 g/mol. The van der Waals surface area contributed by atoms with E-state index in [1.54, 1.807) is 27.9 Å². The summed E-state index contributed by atoms with van der Waals surface area (Å²) in [5, 5.41) is 3.05. The standard InChI is InChI=1S/C15H22FNO3/c1-10(9-19-5)17-13-8-11(16)6-7-12(13)14(18)20-15(2,3)4/h6-8,10,17H,9H2,1-5H3/t10-/m1/s1. The third-order valence-electron chi connectivity index (χ3n) is 2.42. The molecule has 0 aliphatic rings. The fourth-order valence-corrected chi connectivity index (χ4v) is 1.70. The van der Waals surface area contributed by atoms with E-state index in [2.05, 4.69) is 5.32 Å². The van der Waals surface area contributed by atoms with Crippen LogP contribution in [0, 0.1) is 5.82 Å². The molecule has 112 valence electrons. The van der Waals surface area contributed by atoms with Crippen molar-refractivity contribution in [2.45, 2.75) is 39.3 Å². The number of hydrogen-bond donors (Lipinski definition) is 1. The number of methoxy groups -OCH3 is 1. The first-order valence-electron chi connectivity index (χ1n) is 6.51. The molecule has 0 unspecified atom stereocenters. The zero-order valence-electron chi connectivity index (χ0n) is 12.6. The van der Waals surface area contributed by atoms with Crippen molar-refractivity contribution in [1.29, 1.82) is 0 Å². The summed E-state index contributed by atoms with van der Waals surface area (Å²) in [6.07, 6.45) is 0. The van der Waals surface area contributed by atoms with Crippen molar-refractivity contribution in [2.75, 3.05) is 19.0 Å². The van der Waals surface area contributed by atoms with Gasteiger partial charge in [0.1, 0.15) is 11.4 Å². The number of carbonyl (C=O) groups excluding carboxylic acids is 1. The lowest BCUT2D eigenvalue weighted by atomic mass is 10.1. The van der Waals surface area contributed by atoms with Gasteiger partial charge in [0.25, 0.3) is 0 Å². The van der Waals surface area contributed by atoms with Gasteiger partial charge in [-0.25, -0.2) is 9.18 Å². The van der Waals surface area contributed by atoms with Gasteiger partial charge in [-0.3, -0.25) is 0 Å². The molecule has 1 aromatic rings. The average Bonchev–Trinajstić information content (AvgIpc) is 2.26. The van der Waals surface area contributed by atoms with E-state index >= 15 is 0 Å². The van der Waals surface area contributed by atoms with Crippen molar-refractivity contribution in [3.8, 4) is 0 Å². The number of benzene rings is 1. The van der Waals surface area contributed by atoms with E-state index in [4.69, 9.17) is 9.47 Å². The van der Waals surface area contributed by atoms with Crippen LogP contribution in [0.4, 0.5) is 10.1 Å². The van der Waals surface area contributed by atoms with Gasteiger partial charge in [0.15, 0.2) is 0 Å². The second kappa shape index (κ2) is 6.70. The molecule has 5 heteroatoms. The van der Waals surface area contributed by atoms with Gasteiger partial charge in [-0.1, -0.05) is 0 Å². The maximum atomic E-state index is 13.4. The molecule has 0 heterocycles. The molecule has 0 amide bonds.